The van der Waals surface area contributed by atoms with Crippen molar-refractivity contribution in [1.29, 1.82) is 0 Å². The van der Waals surface area contributed by atoms with Crippen molar-refractivity contribution in [2.45, 2.75) is 33.1 Å². The first-order chi connectivity index (χ1) is 5.18. The Balaban J connectivity index is 0.000000271. The minimum absolute atomic E-state index is 0.169. The van der Waals surface area contributed by atoms with Crippen LogP contribution in [0.1, 0.15) is 33.1 Å². The van der Waals surface area contributed by atoms with E-state index in [0.29, 0.717) is 6.54 Å². The molecule has 0 spiro atoms. The zero-order chi connectivity index (χ0) is 8.69. The van der Waals surface area contributed by atoms with Gasteiger partial charge in [0, 0.05) is 5.92 Å². The Bertz CT molecular complexity index is 105. The van der Waals surface area contributed by atoms with E-state index in [1.54, 1.807) is 7.05 Å². The first-order valence-corrected chi connectivity index (χ1v) is 4.35. The fraction of sp³-hybridized carbons (Fsp3) is 0.889. The molecule has 0 radical (unpaired) electrons. The van der Waals surface area contributed by atoms with E-state index in [1.807, 2.05) is 13.8 Å². The molecule has 1 rings (SSSR count). The smallest absolute Gasteiger partial charge is 0.149 e. The normalized spacial score (nSPS) is 13.8. The second-order valence-corrected chi connectivity index (χ2v) is 3.21. The lowest BCUT2D eigenvalue weighted by Gasteiger charge is -2.00. The summed E-state index contributed by atoms with van der Waals surface area (Å²) in [6, 6.07) is 0. The third-order valence-electron chi connectivity index (χ3n) is 1.35. The maximum Gasteiger partial charge on any atom is 0.149 e. The molecule has 0 aromatic heterocycles. The number of ketones is 1. The van der Waals surface area contributed by atoms with Gasteiger partial charge in [-0.15, -0.1) is 0 Å². The number of hydrogen-bond donors (Lipinski definition) is 1. The number of hydrogen-bond acceptors (Lipinski definition) is 2. The Kier molecular flexibility index (Phi) is 6.13. The quantitative estimate of drug-likeness (QED) is 0.674. The minimum atomic E-state index is 0.169. The summed E-state index contributed by atoms with van der Waals surface area (Å²) in [5.74, 6) is 0.440. The van der Waals surface area contributed by atoms with Gasteiger partial charge in [0.05, 0.1) is 6.54 Å². The molecule has 1 N–H and O–H groups in total. The van der Waals surface area contributed by atoms with Crippen molar-refractivity contribution in [1.82, 2.24) is 5.32 Å². The maximum atomic E-state index is 10.7. The Morgan fingerprint density at radius 1 is 1.36 bits per heavy atom. The lowest BCUT2D eigenvalue weighted by Crippen LogP contribution is -2.22. The van der Waals surface area contributed by atoms with Crippen LogP contribution in [0.25, 0.3) is 0 Å². The average molecular weight is 157 g/mol. The lowest BCUT2D eigenvalue weighted by molar-refractivity contribution is -0.120. The highest BCUT2D eigenvalue weighted by molar-refractivity contribution is 5.82. The van der Waals surface area contributed by atoms with Gasteiger partial charge in [0.25, 0.3) is 0 Å². The number of rotatable bonds is 3. The van der Waals surface area contributed by atoms with Gasteiger partial charge in [-0.25, -0.2) is 0 Å². The zero-order valence-corrected chi connectivity index (χ0v) is 7.81. The maximum absolute atomic E-state index is 10.7. The third-order valence-corrected chi connectivity index (χ3v) is 1.35. The summed E-state index contributed by atoms with van der Waals surface area (Å²) in [4.78, 5) is 10.7. The number of likely N-dealkylation sites (N-methyl/N-ethyl adjacent to an activating group) is 1. The first-order valence-electron chi connectivity index (χ1n) is 4.35. The van der Waals surface area contributed by atoms with Gasteiger partial charge in [-0.3, -0.25) is 4.79 Å². The summed E-state index contributed by atoms with van der Waals surface area (Å²) < 4.78 is 0. The van der Waals surface area contributed by atoms with Gasteiger partial charge in [0.15, 0.2) is 0 Å². The molecule has 0 aromatic carbocycles. The first kappa shape index (κ1) is 10.6. The Hall–Kier alpha value is -0.370. The van der Waals surface area contributed by atoms with Crippen molar-refractivity contribution < 1.29 is 4.79 Å². The highest BCUT2D eigenvalue weighted by Gasteiger charge is 2.03. The second kappa shape index (κ2) is 6.35. The number of carbonyl (C=O) groups is 1. The molecule has 1 saturated carbocycles. The van der Waals surface area contributed by atoms with Gasteiger partial charge in [-0.1, -0.05) is 33.1 Å². The van der Waals surface area contributed by atoms with Crippen molar-refractivity contribution in [3.8, 4) is 0 Å². The Morgan fingerprint density at radius 3 is 1.91 bits per heavy atom. The van der Waals surface area contributed by atoms with Crippen LogP contribution in [0.5, 0.6) is 0 Å². The number of nitrogens with one attached hydrogen (secondary N) is 1. The van der Waals surface area contributed by atoms with Crippen LogP contribution in [0.15, 0.2) is 0 Å². The molecule has 0 bridgehead atoms. The monoisotopic (exact) mass is 157 g/mol. The highest BCUT2D eigenvalue weighted by atomic mass is 16.1. The summed E-state index contributed by atoms with van der Waals surface area (Å²) >= 11 is 0. The molecule has 0 atom stereocenters. The fourth-order valence-electron chi connectivity index (χ4n) is 0.378. The molecule has 0 amide bonds. The second-order valence-electron chi connectivity index (χ2n) is 3.21. The molecular weight excluding hydrogens is 138 g/mol. The zero-order valence-electron chi connectivity index (χ0n) is 7.81. The van der Waals surface area contributed by atoms with E-state index >= 15 is 0 Å². The lowest BCUT2D eigenvalue weighted by atomic mass is 10.1. The summed E-state index contributed by atoms with van der Waals surface area (Å²) in [5, 5.41) is 2.80. The van der Waals surface area contributed by atoms with E-state index in [1.165, 1.54) is 19.3 Å². The predicted molar refractivity (Wildman–Crippen MR) is 47.6 cm³/mol. The van der Waals surface area contributed by atoms with E-state index in [-0.39, 0.29) is 11.7 Å². The summed E-state index contributed by atoms with van der Waals surface area (Å²) in [5.41, 5.74) is 0. The van der Waals surface area contributed by atoms with E-state index < -0.39 is 0 Å². The Morgan fingerprint density at radius 2 is 1.82 bits per heavy atom. The van der Waals surface area contributed by atoms with Gasteiger partial charge in [0.1, 0.15) is 5.78 Å². The van der Waals surface area contributed by atoms with Gasteiger partial charge >= 0.3 is 0 Å². The topological polar surface area (TPSA) is 29.1 Å². The molecule has 1 aliphatic carbocycles. The molecule has 2 heteroatoms. The predicted octanol–water partition coefficient (Wildman–Crippen LogP) is 1.60. The van der Waals surface area contributed by atoms with Crippen LogP contribution in [0, 0.1) is 5.92 Å². The molecular formula is C9H19NO. The van der Waals surface area contributed by atoms with Crippen LogP contribution in [0.4, 0.5) is 0 Å². The number of Topliss-reactive ketones (excluding diaryl/α,β-unsaturated/α-hetero) is 1. The van der Waals surface area contributed by atoms with Crippen LogP contribution in [-0.2, 0) is 4.79 Å². The fourth-order valence-corrected chi connectivity index (χ4v) is 0.378. The van der Waals surface area contributed by atoms with Crippen molar-refractivity contribution in [2.24, 2.45) is 5.92 Å². The van der Waals surface area contributed by atoms with Crippen LogP contribution >= 0.6 is 0 Å². The molecule has 0 unspecified atom stereocenters. The van der Waals surface area contributed by atoms with E-state index in [9.17, 15) is 4.79 Å². The molecule has 66 valence electrons. The third kappa shape index (κ3) is 9.63. The summed E-state index contributed by atoms with van der Waals surface area (Å²) in [6.07, 6.45) is 4.50. The molecule has 1 aliphatic rings. The minimum Gasteiger partial charge on any atom is -0.313 e. The summed E-state index contributed by atoms with van der Waals surface area (Å²) in [7, 11) is 1.78. The van der Waals surface area contributed by atoms with Crippen LogP contribution in [-0.4, -0.2) is 19.4 Å². The Labute approximate surface area is 69.4 Å². The largest absolute Gasteiger partial charge is 0.313 e. The van der Waals surface area contributed by atoms with Crippen LogP contribution in [0.2, 0.25) is 0 Å². The van der Waals surface area contributed by atoms with Crippen molar-refractivity contribution >= 4 is 5.78 Å². The van der Waals surface area contributed by atoms with Gasteiger partial charge in [-0.2, -0.15) is 0 Å². The van der Waals surface area contributed by atoms with Gasteiger partial charge in [-0.05, 0) is 7.05 Å². The molecule has 0 heterocycles. The van der Waals surface area contributed by atoms with Crippen LogP contribution < -0.4 is 5.32 Å². The summed E-state index contributed by atoms with van der Waals surface area (Å²) in [6.45, 7) is 4.30. The van der Waals surface area contributed by atoms with Crippen LogP contribution in [0.3, 0.4) is 0 Å². The molecule has 11 heavy (non-hydrogen) atoms. The van der Waals surface area contributed by atoms with E-state index in [4.69, 9.17) is 0 Å². The molecule has 2 nitrogen and oxygen atoms in total. The highest BCUT2D eigenvalue weighted by Crippen LogP contribution is 2.14. The number of carbonyl (C=O) groups excluding carboxylic acids is 1. The van der Waals surface area contributed by atoms with E-state index in [2.05, 4.69) is 5.32 Å². The van der Waals surface area contributed by atoms with Crippen molar-refractivity contribution in [2.75, 3.05) is 13.6 Å². The average Bonchev–Trinajstić information content (AvgIpc) is 2.72. The van der Waals surface area contributed by atoms with Gasteiger partial charge in [0.2, 0.25) is 0 Å². The SMILES string of the molecule is C1CC1.CNCC(=O)C(C)C. The molecule has 0 aromatic rings. The van der Waals surface area contributed by atoms with Gasteiger partial charge < -0.3 is 5.32 Å². The van der Waals surface area contributed by atoms with Crippen molar-refractivity contribution in [3.05, 3.63) is 0 Å². The van der Waals surface area contributed by atoms with Crippen molar-refractivity contribution in [3.63, 3.8) is 0 Å². The molecule has 0 aliphatic heterocycles. The molecule has 0 saturated heterocycles. The molecule has 1 fully saturated rings. The standard InChI is InChI=1S/C6H13NO.C3H6/c1-5(2)6(8)4-7-3;1-2-3-1/h5,7H,4H2,1-3H3;1-3H2. The van der Waals surface area contributed by atoms with E-state index in [0.717, 1.165) is 0 Å².